The van der Waals surface area contributed by atoms with E-state index in [4.69, 9.17) is 50.5 Å². The molecular weight excluding hydrogens is 1570 g/mol. The van der Waals surface area contributed by atoms with Gasteiger partial charge in [-0.25, -0.2) is 19.9 Å². The van der Waals surface area contributed by atoms with E-state index in [0.29, 0.717) is 76.4 Å². The van der Waals surface area contributed by atoms with Gasteiger partial charge in [-0.05, 0) is 54.0 Å². The molecule has 4 aromatic rings. The van der Waals surface area contributed by atoms with Gasteiger partial charge in [0.05, 0.1) is 54.8 Å². The molecule has 14 nitrogen and oxygen atoms in total. The predicted molar refractivity (Wildman–Crippen MR) is 351 cm³/mol. The van der Waals surface area contributed by atoms with Gasteiger partial charge in [0.1, 0.15) is 52.0 Å². The third-order valence-corrected chi connectivity index (χ3v) is 19.7. The zero-order valence-electron chi connectivity index (χ0n) is 63.0. The number of nitrogens with zero attached hydrogens (tertiary/aromatic N) is 4. The summed E-state index contributed by atoms with van der Waals surface area (Å²) < 4.78 is 347. The van der Waals surface area contributed by atoms with Gasteiger partial charge in [0.15, 0.2) is 11.6 Å². The fraction of sp³-hybridized carbons (Fsp3) is 0.708. The van der Waals surface area contributed by atoms with Crippen LogP contribution in [0.3, 0.4) is 0 Å². The number of pyridine rings is 4. The number of aromatic nitrogens is 4. The van der Waals surface area contributed by atoms with Crippen molar-refractivity contribution in [2.75, 3.05) is 26.4 Å². The van der Waals surface area contributed by atoms with Crippen molar-refractivity contribution in [3.05, 3.63) is 98.7 Å². The van der Waals surface area contributed by atoms with Gasteiger partial charge in [0.2, 0.25) is 17.6 Å². The highest BCUT2D eigenvalue weighted by Crippen LogP contribution is 2.57. The Kier molecular flexibility index (Phi) is 26.7. The van der Waals surface area contributed by atoms with E-state index < -0.39 is 180 Å². The minimum Gasteiger partial charge on any atom is -0.473 e. The SMILES string of the molecule is CC1(C)CC(=O)CC(C)(C)C1Oc1cc(C(F)(F)F)cc(C(F)(F)F)n1.CC1(C)CC(N)CC(C)(C)C1Oc1cc(C(F)(F)F)cc(C(F)(F)F)n1.CC1(C)CC2(CC(C)(C)C1O)OCCO2.CC1(C)CC2(CC(C)(C)C1Oc1cc(C(F)(F)F)cc(C(F)(F)F)n1)OCCO2.FC(F)(F)c1cc(Cl)nc(C(F)(F)F)c1. The Morgan fingerprint density at radius 2 is 0.595 bits per heavy atom. The van der Waals surface area contributed by atoms with Crippen LogP contribution < -0.4 is 19.9 Å². The summed E-state index contributed by atoms with van der Waals surface area (Å²) in [7, 11) is 0. The van der Waals surface area contributed by atoms with Gasteiger partial charge in [0.25, 0.3) is 0 Å². The standard InChI is InChI=1S/C19H23F6NO3.C17H22F6N2O.C17H19F6NO2.C12H22O3.C7H2ClF6N/c1-15(2)9-17(27-5-6-28-17)10-16(3,4)14(15)29-13-8-11(18(20,21)22)7-12(26-13)19(23,24)25;1-14(2)7-10(24)8-15(3,4)13(14)26-12-6-9(16(18,19)20)5-11(25-12)17(21,22)23;1-14(2)7-10(25)8-15(3,4)13(14)26-12-6-9(16(18,19)20)5-11(24-12)17(21,22)23;1-10(2)7-12(14-5-6-15-12)8-11(3,4)9(10)13;8-5-2-3(6(9,10)11)1-4(15-5)7(12,13)14/h7-8,14H,5-6,9-10H2,1-4H3;5-6,10,13H,7-8,24H2,1-4H3;5-6,13H,7-8H2,1-4H3;9,13H,5-8H2,1-4H3;1-2H. The number of nitrogens with two attached hydrogens (primary N) is 1. The molecule has 2 aliphatic heterocycles. The molecule has 6 aliphatic rings. The first-order valence-corrected chi connectivity index (χ1v) is 34.7. The summed E-state index contributed by atoms with van der Waals surface area (Å²) in [6.07, 6.45) is -38.6. The second kappa shape index (κ2) is 31.6. The Hall–Kier alpha value is -5.96. The van der Waals surface area contributed by atoms with Crippen molar-refractivity contribution in [3.63, 3.8) is 0 Å². The smallest absolute Gasteiger partial charge is 0.433 e. The number of carbonyl (C=O) groups excluding carboxylic acids is 1. The van der Waals surface area contributed by atoms with Gasteiger partial charge in [-0.1, -0.05) is 122 Å². The third-order valence-electron chi connectivity index (χ3n) is 19.5. The maximum Gasteiger partial charge on any atom is 0.433 e. The minimum atomic E-state index is -5.05. The van der Waals surface area contributed by atoms with E-state index in [2.05, 4.69) is 47.6 Å². The van der Waals surface area contributed by atoms with Crippen molar-refractivity contribution in [2.24, 2.45) is 49.1 Å². The van der Waals surface area contributed by atoms with Crippen LogP contribution in [-0.2, 0) is 73.2 Å². The van der Waals surface area contributed by atoms with Crippen molar-refractivity contribution in [1.29, 1.82) is 0 Å². The number of aliphatic hydroxyl groups excluding tert-OH is 1. The molecular formula is C72H88ClF24N5O9. The molecule has 4 aromatic heterocycles. The first-order chi connectivity index (χ1) is 49.5. The minimum absolute atomic E-state index is 0.0140. The number of halogens is 25. The van der Waals surface area contributed by atoms with E-state index in [0.717, 1.165) is 12.8 Å². The first kappa shape index (κ1) is 93.9. The number of hydrogen-bond acceptors (Lipinski definition) is 14. The van der Waals surface area contributed by atoms with Gasteiger partial charge < -0.3 is 44.0 Å². The fourth-order valence-corrected chi connectivity index (χ4v) is 16.8. The number of rotatable bonds is 6. The van der Waals surface area contributed by atoms with Crippen LogP contribution in [0.25, 0.3) is 0 Å². The summed E-state index contributed by atoms with van der Waals surface area (Å²) in [5.41, 5.74) is -10.7. The number of aliphatic hydroxyl groups is 1. The number of Topliss-reactive ketones (excluding diaryl/α,β-unsaturated/α-hetero) is 1. The predicted octanol–water partition coefficient (Wildman–Crippen LogP) is 21.5. The Bertz CT molecular complexity index is 3680. The number of ketones is 1. The molecule has 6 heterocycles. The van der Waals surface area contributed by atoms with Crippen LogP contribution in [0.15, 0.2) is 48.5 Å². The van der Waals surface area contributed by atoms with Gasteiger partial charge >= 0.3 is 49.4 Å². The molecule has 0 aromatic carbocycles. The second-order valence-electron chi connectivity index (χ2n) is 34.1. The van der Waals surface area contributed by atoms with Crippen LogP contribution in [0, 0.1) is 43.3 Å². The number of carbonyl (C=O) groups is 1. The summed E-state index contributed by atoms with van der Waals surface area (Å²) in [6, 6.07) is 1.51. The summed E-state index contributed by atoms with van der Waals surface area (Å²) in [5, 5.41) is 9.45. The van der Waals surface area contributed by atoms with Crippen LogP contribution in [0.4, 0.5) is 105 Å². The first-order valence-electron chi connectivity index (χ1n) is 34.3. The lowest BCUT2D eigenvalue weighted by Gasteiger charge is -2.53. The van der Waals surface area contributed by atoms with Gasteiger partial charge in [-0.2, -0.15) is 105 Å². The summed E-state index contributed by atoms with van der Waals surface area (Å²) in [4.78, 5) is 24.5. The summed E-state index contributed by atoms with van der Waals surface area (Å²) in [5.74, 6) is -3.45. The average molecular weight is 1660 g/mol. The molecule has 0 unspecified atom stereocenters. The van der Waals surface area contributed by atoms with E-state index in [1.807, 2.05) is 55.4 Å². The maximum absolute atomic E-state index is 13.1. The molecule has 4 saturated carbocycles. The third kappa shape index (κ3) is 24.1. The Balaban J connectivity index is 0.000000221. The number of alkyl halides is 24. The Morgan fingerprint density at radius 1 is 0.360 bits per heavy atom. The molecule has 630 valence electrons. The zero-order valence-corrected chi connectivity index (χ0v) is 63.8. The van der Waals surface area contributed by atoms with E-state index in [1.165, 1.54) is 0 Å². The van der Waals surface area contributed by atoms with Crippen LogP contribution >= 0.6 is 11.6 Å². The van der Waals surface area contributed by atoms with Crippen LogP contribution in [0.2, 0.25) is 5.15 Å². The van der Waals surface area contributed by atoms with Crippen molar-refractivity contribution in [1.82, 2.24) is 19.9 Å². The lowest BCUT2D eigenvalue weighted by Crippen LogP contribution is -2.58. The number of ether oxygens (including phenoxy) is 7. The monoisotopic (exact) mass is 1660 g/mol. The maximum atomic E-state index is 13.1. The lowest BCUT2D eigenvalue weighted by molar-refractivity contribution is -0.252. The molecule has 2 saturated heterocycles. The summed E-state index contributed by atoms with van der Waals surface area (Å²) >= 11 is 5.05. The van der Waals surface area contributed by atoms with Crippen molar-refractivity contribution >= 4 is 17.4 Å². The molecule has 10 rings (SSSR count). The van der Waals surface area contributed by atoms with Gasteiger partial charge in [-0.3, -0.25) is 4.79 Å². The normalized spacial score (nSPS) is 23.5. The molecule has 111 heavy (non-hydrogen) atoms. The highest BCUT2D eigenvalue weighted by molar-refractivity contribution is 6.29. The molecule has 2 spiro atoms. The molecule has 39 heteroatoms. The number of hydrogen-bond donors (Lipinski definition) is 2. The molecule has 3 N–H and O–H groups in total. The Labute approximate surface area is 629 Å². The van der Waals surface area contributed by atoms with Crippen LogP contribution in [0.5, 0.6) is 17.6 Å². The van der Waals surface area contributed by atoms with Gasteiger partial charge in [0, 0.05) is 95.3 Å². The molecule has 0 bridgehead atoms. The largest absolute Gasteiger partial charge is 0.473 e. The Morgan fingerprint density at radius 3 is 0.856 bits per heavy atom. The molecule has 4 aliphatic carbocycles. The van der Waals surface area contributed by atoms with Crippen LogP contribution in [-0.4, -0.2) is 99.3 Å². The van der Waals surface area contributed by atoms with Crippen molar-refractivity contribution in [3.8, 4) is 17.6 Å². The highest BCUT2D eigenvalue weighted by Gasteiger charge is 2.60. The zero-order chi connectivity index (χ0) is 85.3. The van der Waals surface area contributed by atoms with E-state index in [9.17, 15) is 115 Å². The quantitative estimate of drug-likeness (QED) is 0.138. The second-order valence-corrected chi connectivity index (χ2v) is 34.5. The molecule has 0 amide bonds. The summed E-state index contributed by atoms with van der Waals surface area (Å²) in [6.45, 7) is 32.0. The highest BCUT2D eigenvalue weighted by atomic mass is 35.5. The molecule has 0 radical (unpaired) electrons. The van der Waals surface area contributed by atoms with E-state index in [-0.39, 0.29) is 65.9 Å². The molecule has 0 atom stereocenters. The van der Waals surface area contributed by atoms with Crippen molar-refractivity contribution in [2.45, 2.75) is 254 Å². The average Bonchev–Trinajstić information content (AvgIpc) is 1.72. The molecule has 6 fully saturated rings. The van der Waals surface area contributed by atoms with Crippen molar-refractivity contribution < 1.29 is 148 Å². The lowest BCUT2D eigenvalue weighted by atomic mass is 9.60. The topological polar surface area (TPSA) is 179 Å². The van der Waals surface area contributed by atoms with Gasteiger partial charge in [-0.15, -0.1) is 0 Å². The van der Waals surface area contributed by atoms with E-state index in [1.54, 1.807) is 27.7 Å². The van der Waals surface area contributed by atoms with Crippen LogP contribution in [0.1, 0.15) is 207 Å². The van der Waals surface area contributed by atoms with E-state index >= 15 is 0 Å². The fourth-order valence-electron chi connectivity index (χ4n) is 16.6.